The SMILES string of the molecule is CC(C)C(CI)NCc1ccccc1Cl. The molecule has 0 fully saturated rings. The topological polar surface area (TPSA) is 12.0 Å². The Morgan fingerprint density at radius 2 is 2.00 bits per heavy atom. The highest BCUT2D eigenvalue weighted by Crippen LogP contribution is 2.15. The van der Waals surface area contributed by atoms with Crippen LogP contribution in [0.1, 0.15) is 19.4 Å². The normalized spacial score (nSPS) is 13.1. The summed E-state index contributed by atoms with van der Waals surface area (Å²) in [6, 6.07) is 8.55. The number of hydrogen-bond donors (Lipinski definition) is 1. The maximum atomic E-state index is 6.09. The van der Waals surface area contributed by atoms with E-state index in [0.717, 1.165) is 16.0 Å². The summed E-state index contributed by atoms with van der Waals surface area (Å²) >= 11 is 8.51. The van der Waals surface area contributed by atoms with Crippen LogP contribution in [0.25, 0.3) is 0 Å². The lowest BCUT2D eigenvalue weighted by Gasteiger charge is -2.20. The van der Waals surface area contributed by atoms with Crippen LogP contribution in [-0.4, -0.2) is 10.5 Å². The van der Waals surface area contributed by atoms with Crippen molar-refractivity contribution in [1.29, 1.82) is 0 Å². The minimum Gasteiger partial charge on any atom is -0.309 e. The standard InChI is InChI=1S/C12H17ClIN/c1-9(2)12(7-14)15-8-10-5-3-4-6-11(10)13/h3-6,9,12,15H,7-8H2,1-2H3. The van der Waals surface area contributed by atoms with Gasteiger partial charge in [0.05, 0.1) is 0 Å². The average molecular weight is 338 g/mol. The van der Waals surface area contributed by atoms with E-state index in [0.29, 0.717) is 12.0 Å². The summed E-state index contributed by atoms with van der Waals surface area (Å²) in [5.74, 6) is 0.657. The zero-order valence-corrected chi connectivity index (χ0v) is 12.0. The Kier molecular flexibility index (Phi) is 5.94. The Labute approximate surface area is 111 Å². The first-order chi connectivity index (χ1) is 7.15. The molecule has 1 rings (SSSR count). The van der Waals surface area contributed by atoms with E-state index in [1.54, 1.807) is 0 Å². The van der Waals surface area contributed by atoms with Crippen molar-refractivity contribution in [3.63, 3.8) is 0 Å². The van der Waals surface area contributed by atoms with Crippen LogP contribution in [0.15, 0.2) is 24.3 Å². The molecule has 1 aromatic carbocycles. The van der Waals surface area contributed by atoms with Gasteiger partial charge in [0, 0.05) is 22.0 Å². The molecule has 0 aliphatic rings. The van der Waals surface area contributed by atoms with E-state index < -0.39 is 0 Å². The fraction of sp³-hybridized carbons (Fsp3) is 0.500. The van der Waals surface area contributed by atoms with Crippen molar-refractivity contribution in [2.24, 2.45) is 5.92 Å². The number of rotatable bonds is 5. The minimum atomic E-state index is 0.557. The van der Waals surface area contributed by atoms with E-state index >= 15 is 0 Å². The van der Waals surface area contributed by atoms with Crippen LogP contribution in [0.2, 0.25) is 5.02 Å². The maximum absolute atomic E-state index is 6.09. The van der Waals surface area contributed by atoms with Gasteiger partial charge in [-0.1, -0.05) is 66.2 Å². The molecule has 0 heterocycles. The lowest BCUT2D eigenvalue weighted by molar-refractivity contribution is 0.436. The van der Waals surface area contributed by atoms with Crippen LogP contribution >= 0.6 is 34.2 Å². The molecule has 15 heavy (non-hydrogen) atoms. The monoisotopic (exact) mass is 337 g/mol. The Balaban J connectivity index is 2.53. The molecule has 1 aromatic rings. The summed E-state index contributed by atoms with van der Waals surface area (Å²) in [7, 11) is 0. The maximum Gasteiger partial charge on any atom is 0.0450 e. The van der Waals surface area contributed by atoms with Crippen molar-refractivity contribution < 1.29 is 0 Å². The molecule has 0 bridgehead atoms. The summed E-state index contributed by atoms with van der Waals surface area (Å²) in [6.45, 7) is 5.33. The Hall–Kier alpha value is 0.200. The van der Waals surface area contributed by atoms with Crippen molar-refractivity contribution in [3.8, 4) is 0 Å². The molecular weight excluding hydrogens is 320 g/mol. The number of nitrogens with one attached hydrogen (secondary N) is 1. The second-order valence-electron chi connectivity index (χ2n) is 3.98. The van der Waals surface area contributed by atoms with E-state index in [9.17, 15) is 0 Å². The Morgan fingerprint density at radius 3 is 2.53 bits per heavy atom. The third-order valence-electron chi connectivity index (χ3n) is 2.48. The molecule has 0 saturated carbocycles. The van der Waals surface area contributed by atoms with E-state index in [1.807, 2.05) is 18.2 Å². The fourth-order valence-electron chi connectivity index (χ4n) is 1.35. The van der Waals surface area contributed by atoms with E-state index in [4.69, 9.17) is 11.6 Å². The zero-order valence-electron chi connectivity index (χ0n) is 9.13. The van der Waals surface area contributed by atoms with Gasteiger partial charge in [-0.05, 0) is 17.5 Å². The number of benzene rings is 1. The molecule has 84 valence electrons. The van der Waals surface area contributed by atoms with Gasteiger partial charge in [-0.3, -0.25) is 0 Å². The lowest BCUT2D eigenvalue weighted by atomic mass is 10.1. The minimum absolute atomic E-state index is 0.557. The molecule has 1 N–H and O–H groups in total. The molecule has 0 amide bonds. The van der Waals surface area contributed by atoms with Gasteiger partial charge in [0.1, 0.15) is 0 Å². The molecule has 1 unspecified atom stereocenters. The van der Waals surface area contributed by atoms with Crippen LogP contribution in [0.3, 0.4) is 0 Å². The molecule has 0 aliphatic heterocycles. The van der Waals surface area contributed by atoms with Gasteiger partial charge in [-0.25, -0.2) is 0 Å². The summed E-state index contributed by atoms with van der Waals surface area (Å²) < 4.78 is 1.12. The zero-order chi connectivity index (χ0) is 11.3. The van der Waals surface area contributed by atoms with E-state index in [1.165, 1.54) is 5.56 Å². The van der Waals surface area contributed by atoms with Crippen LogP contribution in [0.4, 0.5) is 0 Å². The smallest absolute Gasteiger partial charge is 0.0450 e. The molecule has 0 saturated heterocycles. The predicted octanol–water partition coefficient (Wildman–Crippen LogP) is 3.89. The van der Waals surface area contributed by atoms with Gasteiger partial charge in [-0.15, -0.1) is 0 Å². The molecule has 3 heteroatoms. The predicted molar refractivity (Wildman–Crippen MR) is 75.8 cm³/mol. The van der Waals surface area contributed by atoms with E-state index in [-0.39, 0.29) is 0 Å². The number of hydrogen-bond acceptors (Lipinski definition) is 1. The second-order valence-corrected chi connectivity index (χ2v) is 5.27. The van der Waals surface area contributed by atoms with Crippen molar-refractivity contribution in [2.45, 2.75) is 26.4 Å². The van der Waals surface area contributed by atoms with Gasteiger partial charge in [0.15, 0.2) is 0 Å². The van der Waals surface area contributed by atoms with Crippen LogP contribution in [0.5, 0.6) is 0 Å². The van der Waals surface area contributed by atoms with Crippen LogP contribution in [-0.2, 0) is 6.54 Å². The quantitative estimate of drug-likeness (QED) is 0.635. The molecule has 0 aliphatic carbocycles. The van der Waals surface area contributed by atoms with Crippen molar-refractivity contribution in [3.05, 3.63) is 34.9 Å². The highest BCUT2D eigenvalue weighted by atomic mass is 127. The largest absolute Gasteiger partial charge is 0.309 e. The van der Waals surface area contributed by atoms with Gasteiger partial charge in [-0.2, -0.15) is 0 Å². The van der Waals surface area contributed by atoms with Crippen LogP contribution < -0.4 is 5.32 Å². The summed E-state index contributed by atoms with van der Waals surface area (Å²) in [5.41, 5.74) is 1.18. The van der Waals surface area contributed by atoms with E-state index in [2.05, 4.69) is 47.8 Å². The second kappa shape index (κ2) is 6.71. The average Bonchev–Trinajstić information content (AvgIpc) is 2.21. The molecule has 1 atom stereocenters. The van der Waals surface area contributed by atoms with Crippen molar-refractivity contribution in [1.82, 2.24) is 5.32 Å². The molecule has 0 radical (unpaired) electrons. The van der Waals surface area contributed by atoms with Gasteiger partial charge < -0.3 is 5.32 Å². The first-order valence-electron chi connectivity index (χ1n) is 5.18. The van der Waals surface area contributed by atoms with Gasteiger partial charge >= 0.3 is 0 Å². The fourth-order valence-corrected chi connectivity index (χ4v) is 2.88. The van der Waals surface area contributed by atoms with Crippen LogP contribution in [0, 0.1) is 5.92 Å². The first-order valence-corrected chi connectivity index (χ1v) is 7.08. The third kappa shape index (κ3) is 4.29. The third-order valence-corrected chi connectivity index (χ3v) is 3.80. The Morgan fingerprint density at radius 1 is 1.33 bits per heavy atom. The Bertz CT molecular complexity index is 301. The molecule has 0 aromatic heterocycles. The van der Waals surface area contributed by atoms with Gasteiger partial charge in [0.2, 0.25) is 0 Å². The molecule has 1 nitrogen and oxygen atoms in total. The highest BCUT2D eigenvalue weighted by molar-refractivity contribution is 14.1. The molecule has 0 spiro atoms. The highest BCUT2D eigenvalue weighted by Gasteiger charge is 2.11. The lowest BCUT2D eigenvalue weighted by Crippen LogP contribution is -2.34. The van der Waals surface area contributed by atoms with Gasteiger partial charge in [0.25, 0.3) is 0 Å². The van der Waals surface area contributed by atoms with Crippen molar-refractivity contribution in [2.75, 3.05) is 4.43 Å². The molecular formula is C12H17ClIN. The summed E-state index contributed by atoms with van der Waals surface area (Å²) in [6.07, 6.45) is 0. The number of halogens is 2. The summed E-state index contributed by atoms with van der Waals surface area (Å²) in [4.78, 5) is 0. The van der Waals surface area contributed by atoms with Crippen molar-refractivity contribution >= 4 is 34.2 Å². The number of alkyl halides is 1. The first kappa shape index (κ1) is 13.3. The summed E-state index contributed by atoms with van der Waals surface area (Å²) in [5, 5.41) is 4.38.